The molecule has 0 saturated carbocycles. The Morgan fingerprint density at radius 2 is 1.68 bits per heavy atom. The van der Waals surface area contributed by atoms with Crippen molar-refractivity contribution >= 4 is 27.4 Å². The summed E-state index contributed by atoms with van der Waals surface area (Å²) < 4.78 is 27.8. The van der Waals surface area contributed by atoms with Crippen molar-refractivity contribution < 1.29 is 23.4 Å². The van der Waals surface area contributed by atoms with Crippen LogP contribution in [0.5, 0.6) is 5.75 Å². The summed E-state index contributed by atoms with van der Waals surface area (Å²) in [4.78, 5) is 16.5. The lowest BCUT2D eigenvalue weighted by molar-refractivity contribution is 0.156. The number of hydrogen-bond donors (Lipinski definition) is 4. The normalized spacial score (nSPS) is 15.1. The second-order valence-electron chi connectivity index (χ2n) is 10.0. The lowest BCUT2D eigenvalue weighted by Gasteiger charge is -2.30. The van der Waals surface area contributed by atoms with E-state index in [1.165, 1.54) is 12.1 Å². The first-order valence-corrected chi connectivity index (χ1v) is 14.0. The minimum Gasteiger partial charge on any atom is -0.508 e. The van der Waals surface area contributed by atoms with Gasteiger partial charge in [0.1, 0.15) is 5.75 Å². The summed E-state index contributed by atoms with van der Waals surface area (Å²) in [5, 5.41) is 23.7. The number of hydrogen-bond acceptors (Lipinski definition) is 6. The number of nitrogens with zero attached hydrogens (tertiary/aromatic N) is 2. The maximum Gasteiger partial charge on any atom is 0.324 e. The topological polar surface area (TPSA) is 122 Å². The Bertz CT molecular complexity index is 1350. The van der Waals surface area contributed by atoms with E-state index in [-0.39, 0.29) is 28.8 Å². The van der Waals surface area contributed by atoms with Gasteiger partial charge in [0.2, 0.25) is 0 Å². The van der Waals surface area contributed by atoms with E-state index in [1.54, 1.807) is 76.5 Å². The minimum absolute atomic E-state index is 0.0682. The van der Waals surface area contributed by atoms with Crippen LogP contribution in [0.25, 0.3) is 0 Å². The number of amides is 2. The van der Waals surface area contributed by atoms with E-state index in [0.29, 0.717) is 37.3 Å². The highest BCUT2D eigenvalue weighted by molar-refractivity contribution is 7.92. The van der Waals surface area contributed by atoms with Gasteiger partial charge in [0, 0.05) is 43.1 Å². The Labute approximate surface area is 223 Å². The van der Waals surface area contributed by atoms with Crippen molar-refractivity contribution in [3.05, 3.63) is 84.4 Å². The Morgan fingerprint density at radius 1 is 0.974 bits per heavy atom. The maximum absolute atomic E-state index is 12.9. The summed E-state index contributed by atoms with van der Waals surface area (Å²) in [5.74, 6) is 0.160. The summed E-state index contributed by atoms with van der Waals surface area (Å²) in [5.41, 5.74) is 1.35. The van der Waals surface area contributed by atoms with Gasteiger partial charge in [-0.2, -0.15) is 0 Å². The number of phenolic OH excluding ortho intramolecular Hbond substituents is 1. The minimum atomic E-state index is -3.73. The van der Waals surface area contributed by atoms with E-state index >= 15 is 0 Å². The maximum atomic E-state index is 12.9. The van der Waals surface area contributed by atoms with Crippen LogP contribution in [0, 0.1) is 0 Å². The number of sulfonamides is 1. The standard InChI is InChI=1S/C28H34N4O5S/c1-28(2,15-16-31-17-18-32(27(31)35)23-11-13-24(33)14-12-23)29-20-26(34)21-7-6-8-22(19-21)30-38(36,37)25-9-4-3-5-10-25/h3-14,19,26,29-30,33-34H,15-18,20H2,1-2H3/t26-/m0/s1. The lowest BCUT2D eigenvalue weighted by Crippen LogP contribution is -2.44. The highest BCUT2D eigenvalue weighted by Crippen LogP contribution is 2.24. The van der Waals surface area contributed by atoms with Crippen LogP contribution in [0.4, 0.5) is 16.2 Å². The monoisotopic (exact) mass is 538 g/mol. The molecule has 2 amide bonds. The quantitative estimate of drug-likeness (QED) is 0.294. The average molecular weight is 539 g/mol. The Morgan fingerprint density at radius 3 is 2.39 bits per heavy atom. The van der Waals surface area contributed by atoms with Crippen LogP contribution in [0.2, 0.25) is 0 Å². The van der Waals surface area contributed by atoms with E-state index in [2.05, 4.69) is 10.0 Å². The van der Waals surface area contributed by atoms with Crippen molar-refractivity contribution in [2.45, 2.75) is 36.8 Å². The van der Waals surface area contributed by atoms with Crippen molar-refractivity contribution in [3.8, 4) is 5.75 Å². The number of rotatable bonds is 11. The molecule has 1 aliphatic rings. The molecule has 0 unspecified atom stereocenters. The number of carbonyl (C=O) groups is 1. The molecular weight excluding hydrogens is 504 g/mol. The highest BCUT2D eigenvalue weighted by atomic mass is 32.2. The van der Waals surface area contributed by atoms with E-state index < -0.39 is 16.1 Å². The number of benzene rings is 3. The molecule has 38 heavy (non-hydrogen) atoms. The van der Waals surface area contributed by atoms with Gasteiger partial charge in [-0.25, -0.2) is 13.2 Å². The fourth-order valence-electron chi connectivity index (χ4n) is 4.28. The molecule has 1 atom stereocenters. The van der Waals surface area contributed by atoms with Crippen LogP contribution >= 0.6 is 0 Å². The van der Waals surface area contributed by atoms with Crippen molar-refractivity contribution in [1.82, 2.24) is 10.2 Å². The molecule has 9 nitrogen and oxygen atoms in total. The molecule has 0 radical (unpaired) electrons. The number of aliphatic hydroxyl groups is 1. The Hall–Kier alpha value is -3.60. The zero-order valence-corrected chi connectivity index (χ0v) is 22.4. The molecule has 3 aromatic carbocycles. The summed E-state index contributed by atoms with van der Waals surface area (Å²) in [6, 6.07) is 21.4. The molecule has 1 fully saturated rings. The fourth-order valence-corrected chi connectivity index (χ4v) is 5.35. The van der Waals surface area contributed by atoms with E-state index in [0.717, 1.165) is 5.69 Å². The number of nitrogens with one attached hydrogen (secondary N) is 2. The van der Waals surface area contributed by atoms with Crippen LogP contribution in [-0.2, 0) is 10.0 Å². The third-order valence-electron chi connectivity index (χ3n) is 6.61. The van der Waals surface area contributed by atoms with Gasteiger partial charge in [-0.3, -0.25) is 9.62 Å². The first-order valence-electron chi connectivity index (χ1n) is 12.5. The second-order valence-corrected chi connectivity index (χ2v) is 11.7. The Balaban J connectivity index is 1.29. The molecule has 0 bridgehead atoms. The summed E-state index contributed by atoms with van der Waals surface area (Å²) >= 11 is 0. The number of aromatic hydroxyl groups is 1. The zero-order valence-electron chi connectivity index (χ0n) is 21.5. The molecule has 202 valence electrons. The molecule has 1 aliphatic heterocycles. The molecule has 4 N–H and O–H groups in total. The smallest absolute Gasteiger partial charge is 0.324 e. The van der Waals surface area contributed by atoms with Crippen LogP contribution < -0.4 is 14.9 Å². The largest absolute Gasteiger partial charge is 0.508 e. The number of urea groups is 1. The molecular formula is C28H34N4O5S. The average Bonchev–Trinajstić information content (AvgIpc) is 3.27. The third kappa shape index (κ3) is 6.83. The zero-order chi connectivity index (χ0) is 27.3. The van der Waals surface area contributed by atoms with E-state index in [9.17, 15) is 23.4 Å². The van der Waals surface area contributed by atoms with Gasteiger partial charge in [-0.1, -0.05) is 30.3 Å². The van der Waals surface area contributed by atoms with Gasteiger partial charge in [-0.05, 0) is 74.4 Å². The molecule has 0 aliphatic carbocycles. The summed E-state index contributed by atoms with van der Waals surface area (Å²) in [6.45, 7) is 6.05. The molecule has 1 saturated heterocycles. The highest BCUT2D eigenvalue weighted by Gasteiger charge is 2.31. The molecule has 1 heterocycles. The van der Waals surface area contributed by atoms with Gasteiger partial charge in [-0.15, -0.1) is 0 Å². The molecule has 0 aromatic heterocycles. The number of phenols is 1. The van der Waals surface area contributed by atoms with E-state index in [1.807, 2.05) is 13.8 Å². The van der Waals surface area contributed by atoms with Gasteiger partial charge in [0.15, 0.2) is 0 Å². The van der Waals surface area contributed by atoms with Crippen molar-refractivity contribution in [2.24, 2.45) is 0 Å². The van der Waals surface area contributed by atoms with Gasteiger partial charge < -0.3 is 20.4 Å². The summed E-state index contributed by atoms with van der Waals surface area (Å²) in [6.07, 6.45) is -0.180. The number of anilines is 2. The summed E-state index contributed by atoms with van der Waals surface area (Å²) in [7, 11) is -3.73. The lowest BCUT2D eigenvalue weighted by atomic mass is 9.99. The molecule has 0 spiro atoms. The predicted molar refractivity (Wildman–Crippen MR) is 148 cm³/mol. The van der Waals surface area contributed by atoms with Crippen LogP contribution in [-0.4, -0.2) is 61.3 Å². The fraction of sp³-hybridized carbons (Fsp3) is 0.321. The number of aliphatic hydroxyl groups excluding tert-OH is 1. The SMILES string of the molecule is CC(C)(CCN1CCN(c2ccc(O)cc2)C1=O)NC[C@H](O)c1cccc(NS(=O)(=O)c2ccccc2)c1. The van der Waals surface area contributed by atoms with Gasteiger partial charge in [0.25, 0.3) is 10.0 Å². The van der Waals surface area contributed by atoms with Crippen LogP contribution in [0.3, 0.4) is 0 Å². The third-order valence-corrected chi connectivity index (χ3v) is 8.01. The molecule has 4 rings (SSSR count). The number of carbonyl (C=O) groups excluding carboxylic acids is 1. The van der Waals surface area contributed by atoms with Crippen LogP contribution in [0.15, 0.2) is 83.8 Å². The van der Waals surface area contributed by atoms with Crippen LogP contribution in [0.1, 0.15) is 31.9 Å². The molecule has 3 aromatic rings. The van der Waals surface area contributed by atoms with E-state index in [4.69, 9.17) is 0 Å². The Kier molecular flexibility index (Phi) is 8.25. The first kappa shape index (κ1) is 27.4. The van der Waals surface area contributed by atoms with Crippen molar-refractivity contribution in [1.29, 1.82) is 0 Å². The first-order chi connectivity index (χ1) is 18.0. The van der Waals surface area contributed by atoms with Gasteiger partial charge in [0.05, 0.1) is 11.0 Å². The molecule has 10 heteroatoms. The van der Waals surface area contributed by atoms with Crippen molar-refractivity contribution in [2.75, 3.05) is 35.8 Å². The van der Waals surface area contributed by atoms with Gasteiger partial charge >= 0.3 is 6.03 Å². The predicted octanol–water partition coefficient (Wildman–Crippen LogP) is 3.93. The van der Waals surface area contributed by atoms with Crippen molar-refractivity contribution in [3.63, 3.8) is 0 Å². The second kappa shape index (κ2) is 11.4. The number of β-amino-alcohol motifs (C(OH)–C–C–N with tert-alkyl or cyclic N) is 1.